The van der Waals surface area contributed by atoms with Crippen LogP contribution in [0.3, 0.4) is 0 Å². The number of aromatic nitrogens is 1. The highest BCUT2D eigenvalue weighted by Crippen LogP contribution is 2.28. The van der Waals surface area contributed by atoms with Crippen molar-refractivity contribution in [1.29, 1.82) is 0 Å². The van der Waals surface area contributed by atoms with E-state index >= 15 is 0 Å². The van der Waals surface area contributed by atoms with Crippen molar-refractivity contribution in [1.82, 2.24) is 10.3 Å². The van der Waals surface area contributed by atoms with Crippen molar-refractivity contribution in [2.75, 3.05) is 31.1 Å². The van der Waals surface area contributed by atoms with E-state index in [1.54, 1.807) is 19.2 Å². The average molecular weight is 349 g/mol. The molecule has 1 aromatic rings. The normalized spacial score (nSPS) is 19.3. The van der Waals surface area contributed by atoms with Gasteiger partial charge >= 0.3 is 5.97 Å². The van der Waals surface area contributed by atoms with Gasteiger partial charge in [0.25, 0.3) is 0 Å². The van der Waals surface area contributed by atoms with E-state index in [0.717, 1.165) is 11.0 Å². The molecule has 1 aromatic heterocycles. The van der Waals surface area contributed by atoms with Gasteiger partial charge in [0.15, 0.2) is 0 Å². The minimum absolute atomic E-state index is 0.238. The van der Waals surface area contributed by atoms with E-state index in [1.165, 1.54) is 0 Å². The minimum atomic E-state index is -0.362. The Bertz CT molecular complexity index is 472. The number of carbonyl (C=O) groups is 1. The molecule has 0 aromatic carbocycles. The van der Waals surface area contributed by atoms with Crippen molar-refractivity contribution >= 4 is 39.3 Å². The third-order valence-electron chi connectivity index (χ3n) is 2.86. The first-order valence-corrected chi connectivity index (χ1v) is 7.25. The lowest BCUT2D eigenvalue weighted by Crippen LogP contribution is -2.56. The van der Waals surface area contributed by atoms with Crippen LogP contribution in [-0.2, 0) is 9.53 Å². The molecule has 0 radical (unpaired) electrons. The molecule has 0 bridgehead atoms. The summed E-state index contributed by atoms with van der Waals surface area (Å²) in [6.07, 6.45) is 1.58. The molecule has 19 heavy (non-hydrogen) atoms. The number of anilines is 1. The Morgan fingerprint density at radius 2 is 2.53 bits per heavy atom. The van der Waals surface area contributed by atoms with Crippen LogP contribution in [0.25, 0.3) is 0 Å². The van der Waals surface area contributed by atoms with E-state index in [4.69, 9.17) is 16.3 Å². The van der Waals surface area contributed by atoms with Gasteiger partial charge < -0.3 is 15.0 Å². The molecular weight excluding hydrogens is 334 g/mol. The fourth-order valence-electron chi connectivity index (χ4n) is 2.03. The highest BCUT2D eigenvalue weighted by atomic mass is 79.9. The number of esters is 1. The second-order valence-electron chi connectivity index (χ2n) is 4.12. The Hall–Kier alpha value is -0.850. The molecule has 1 fully saturated rings. The lowest BCUT2D eigenvalue weighted by atomic mass is 10.2. The number of piperazine rings is 1. The fraction of sp³-hybridized carbons (Fsp3) is 0.500. The number of hydrogen-bond acceptors (Lipinski definition) is 5. The van der Waals surface area contributed by atoms with Gasteiger partial charge in [0, 0.05) is 25.8 Å². The Labute approximate surface area is 125 Å². The first-order valence-electron chi connectivity index (χ1n) is 6.08. The molecule has 104 valence electrons. The summed E-state index contributed by atoms with van der Waals surface area (Å²) in [5.41, 5.74) is 0. The molecule has 1 saturated heterocycles. The van der Waals surface area contributed by atoms with Crippen LogP contribution >= 0.6 is 27.5 Å². The Kier molecular flexibility index (Phi) is 5.01. The van der Waals surface area contributed by atoms with Crippen molar-refractivity contribution in [3.63, 3.8) is 0 Å². The van der Waals surface area contributed by atoms with Gasteiger partial charge in [0.2, 0.25) is 0 Å². The van der Waals surface area contributed by atoms with E-state index in [9.17, 15) is 4.79 Å². The van der Waals surface area contributed by atoms with Gasteiger partial charge in [-0.25, -0.2) is 9.78 Å². The summed E-state index contributed by atoms with van der Waals surface area (Å²) in [4.78, 5) is 18.2. The monoisotopic (exact) mass is 347 g/mol. The van der Waals surface area contributed by atoms with E-state index in [0.29, 0.717) is 30.5 Å². The maximum absolute atomic E-state index is 12.0. The molecular formula is C12H15BrClN3O2. The molecule has 0 amide bonds. The number of hydrogen-bond donors (Lipinski definition) is 1. The van der Waals surface area contributed by atoms with Crippen molar-refractivity contribution in [3.05, 3.63) is 21.8 Å². The largest absolute Gasteiger partial charge is 0.464 e. The second kappa shape index (κ2) is 6.54. The first-order chi connectivity index (χ1) is 9.13. The van der Waals surface area contributed by atoms with Gasteiger partial charge in [-0.1, -0.05) is 11.6 Å². The average Bonchev–Trinajstić information content (AvgIpc) is 2.39. The Morgan fingerprint density at radius 1 is 1.74 bits per heavy atom. The number of pyridine rings is 1. The highest BCUT2D eigenvalue weighted by Gasteiger charge is 2.31. The standard InChI is InChI=1S/C12H15BrClN3O2/c1-2-19-12(18)10-7-15-3-4-17(10)11-9(13)5-8(14)6-16-11/h5-6,10,15H,2-4,7H2,1H3. The van der Waals surface area contributed by atoms with Gasteiger partial charge in [-0.3, -0.25) is 0 Å². The molecule has 1 N–H and O–H groups in total. The van der Waals surface area contributed by atoms with E-state index in [1.807, 2.05) is 4.90 Å². The van der Waals surface area contributed by atoms with Gasteiger partial charge in [-0.05, 0) is 28.9 Å². The van der Waals surface area contributed by atoms with Crippen LogP contribution < -0.4 is 10.2 Å². The van der Waals surface area contributed by atoms with Crippen molar-refractivity contribution < 1.29 is 9.53 Å². The maximum atomic E-state index is 12.0. The van der Waals surface area contributed by atoms with E-state index in [2.05, 4.69) is 26.2 Å². The van der Waals surface area contributed by atoms with Crippen molar-refractivity contribution in [2.24, 2.45) is 0 Å². The maximum Gasteiger partial charge on any atom is 0.330 e. The van der Waals surface area contributed by atoms with Crippen molar-refractivity contribution in [3.8, 4) is 0 Å². The summed E-state index contributed by atoms with van der Waals surface area (Å²) in [6.45, 7) is 4.21. The summed E-state index contributed by atoms with van der Waals surface area (Å²) >= 11 is 9.33. The number of rotatable bonds is 3. The molecule has 0 spiro atoms. The Balaban J connectivity index is 2.26. The molecule has 1 aliphatic rings. The lowest BCUT2D eigenvalue weighted by molar-refractivity contribution is -0.144. The summed E-state index contributed by atoms with van der Waals surface area (Å²) in [7, 11) is 0. The summed E-state index contributed by atoms with van der Waals surface area (Å²) in [5.74, 6) is 0.474. The zero-order valence-electron chi connectivity index (χ0n) is 10.5. The SMILES string of the molecule is CCOC(=O)C1CNCCN1c1ncc(Cl)cc1Br. The summed E-state index contributed by atoms with van der Waals surface area (Å²) in [6, 6.07) is 1.41. The van der Waals surface area contributed by atoms with Gasteiger partial charge in [-0.2, -0.15) is 0 Å². The molecule has 2 heterocycles. The molecule has 5 nitrogen and oxygen atoms in total. The van der Waals surface area contributed by atoms with Crippen LogP contribution in [0.1, 0.15) is 6.92 Å². The number of nitrogens with zero attached hydrogens (tertiary/aromatic N) is 2. The lowest BCUT2D eigenvalue weighted by Gasteiger charge is -2.35. The minimum Gasteiger partial charge on any atom is -0.464 e. The van der Waals surface area contributed by atoms with Crippen LogP contribution in [-0.4, -0.2) is 43.2 Å². The fourth-order valence-corrected chi connectivity index (χ4v) is 2.89. The third kappa shape index (κ3) is 3.38. The molecule has 7 heteroatoms. The van der Waals surface area contributed by atoms with Gasteiger partial charge in [0.1, 0.15) is 11.9 Å². The molecule has 1 atom stereocenters. The van der Waals surface area contributed by atoms with Crippen LogP contribution in [0.15, 0.2) is 16.7 Å². The number of ether oxygens (including phenoxy) is 1. The van der Waals surface area contributed by atoms with Crippen LogP contribution in [0.2, 0.25) is 5.02 Å². The van der Waals surface area contributed by atoms with Crippen molar-refractivity contribution in [2.45, 2.75) is 13.0 Å². The zero-order chi connectivity index (χ0) is 13.8. The van der Waals surface area contributed by atoms with E-state index in [-0.39, 0.29) is 12.0 Å². The molecule has 2 rings (SSSR count). The predicted molar refractivity (Wildman–Crippen MR) is 77.6 cm³/mol. The second-order valence-corrected chi connectivity index (χ2v) is 5.42. The van der Waals surface area contributed by atoms with Gasteiger partial charge in [-0.15, -0.1) is 0 Å². The zero-order valence-corrected chi connectivity index (χ0v) is 12.9. The quantitative estimate of drug-likeness (QED) is 0.845. The molecule has 0 saturated carbocycles. The van der Waals surface area contributed by atoms with Gasteiger partial charge in [0.05, 0.1) is 16.1 Å². The summed E-state index contributed by atoms with van der Waals surface area (Å²) < 4.78 is 5.88. The van der Waals surface area contributed by atoms with E-state index < -0.39 is 0 Å². The molecule has 1 unspecified atom stereocenters. The number of halogens is 2. The smallest absolute Gasteiger partial charge is 0.330 e. The van der Waals surface area contributed by atoms with Crippen LogP contribution in [0, 0.1) is 0 Å². The van der Waals surface area contributed by atoms with Crippen LogP contribution in [0.5, 0.6) is 0 Å². The van der Waals surface area contributed by atoms with Crippen LogP contribution in [0.4, 0.5) is 5.82 Å². The number of carbonyl (C=O) groups excluding carboxylic acids is 1. The molecule has 1 aliphatic heterocycles. The molecule has 0 aliphatic carbocycles. The predicted octanol–water partition coefficient (Wildman–Crippen LogP) is 1.84. The summed E-state index contributed by atoms with van der Waals surface area (Å²) in [5, 5.41) is 3.75. The first kappa shape index (κ1) is 14.6. The highest BCUT2D eigenvalue weighted by molar-refractivity contribution is 9.10. The Morgan fingerprint density at radius 3 is 3.21 bits per heavy atom. The number of nitrogens with one attached hydrogen (secondary N) is 1. The third-order valence-corrected chi connectivity index (χ3v) is 3.65. The topological polar surface area (TPSA) is 54.5 Å².